The van der Waals surface area contributed by atoms with Crippen LogP contribution in [0.1, 0.15) is 69.2 Å². The molecule has 0 rings (SSSR count). The van der Waals surface area contributed by atoms with E-state index < -0.39 is 11.2 Å². The van der Waals surface area contributed by atoms with Gasteiger partial charge in [0.15, 0.2) is 0 Å². The molecule has 0 aromatic rings. The zero-order valence-electron chi connectivity index (χ0n) is 18.2. The number of hydrogen-bond donors (Lipinski definition) is 0. The smallest absolute Gasteiger partial charge is 0.113 e. The molecule has 0 fully saturated rings. The predicted octanol–water partition coefficient (Wildman–Crippen LogP) is 4.22. The molecule has 0 saturated heterocycles. The van der Waals surface area contributed by atoms with Crippen molar-refractivity contribution in [2.75, 3.05) is 26.4 Å². The lowest BCUT2D eigenvalue weighted by Gasteiger charge is -2.41. The van der Waals surface area contributed by atoms with Crippen molar-refractivity contribution in [3.8, 4) is 0 Å². The van der Waals surface area contributed by atoms with E-state index in [1.165, 1.54) is 0 Å². The summed E-state index contributed by atoms with van der Waals surface area (Å²) < 4.78 is 29.9. The third-order valence-electron chi connectivity index (χ3n) is 3.38. The van der Waals surface area contributed by atoms with Crippen molar-refractivity contribution in [1.29, 1.82) is 0 Å². The highest BCUT2D eigenvalue weighted by Gasteiger charge is 2.38. The van der Waals surface area contributed by atoms with E-state index in [0.29, 0.717) is 26.4 Å². The Labute approximate surface area is 155 Å². The molecule has 0 saturated carbocycles. The van der Waals surface area contributed by atoms with Gasteiger partial charge in [0.1, 0.15) is 11.2 Å². The summed E-state index contributed by atoms with van der Waals surface area (Å²) in [4.78, 5) is 0. The van der Waals surface area contributed by atoms with Gasteiger partial charge in [-0.2, -0.15) is 0 Å². The summed E-state index contributed by atoms with van der Waals surface area (Å²) in [5.41, 5.74) is -1.16. The molecule has 0 aliphatic carbocycles. The number of hydrogen-bond acceptors (Lipinski definition) is 5. The van der Waals surface area contributed by atoms with Gasteiger partial charge in [-0.1, -0.05) is 0 Å². The molecular weight excluding hydrogens is 320 g/mol. The zero-order valence-corrected chi connectivity index (χ0v) is 18.2. The van der Waals surface area contributed by atoms with E-state index in [1.54, 1.807) is 0 Å². The molecule has 0 heterocycles. The van der Waals surface area contributed by atoms with Crippen LogP contribution in [0.25, 0.3) is 0 Å². The normalized spacial score (nSPS) is 13.7. The van der Waals surface area contributed by atoms with Crippen LogP contribution in [0.3, 0.4) is 0 Å². The summed E-state index contributed by atoms with van der Waals surface area (Å²) in [6.07, 6.45) is 0.526. The summed E-state index contributed by atoms with van der Waals surface area (Å²) in [7, 11) is 0. The molecule has 0 amide bonds. The zero-order chi connectivity index (χ0) is 19.7. The first kappa shape index (κ1) is 24.8. The molecule has 0 spiro atoms. The Bertz CT molecular complexity index is 283. The molecule has 5 nitrogen and oxygen atoms in total. The van der Waals surface area contributed by atoms with Crippen LogP contribution in [0.5, 0.6) is 0 Å². The van der Waals surface area contributed by atoms with Crippen LogP contribution in [-0.2, 0) is 23.7 Å². The molecule has 0 atom stereocenters. The molecule has 0 unspecified atom stereocenters. The fourth-order valence-electron chi connectivity index (χ4n) is 2.17. The van der Waals surface area contributed by atoms with Gasteiger partial charge < -0.3 is 23.7 Å². The second kappa shape index (κ2) is 11.5. The topological polar surface area (TPSA) is 46.2 Å². The molecule has 5 heteroatoms. The van der Waals surface area contributed by atoms with E-state index >= 15 is 0 Å². The molecule has 152 valence electrons. The summed E-state index contributed by atoms with van der Waals surface area (Å²) in [6, 6.07) is 0. The van der Waals surface area contributed by atoms with Gasteiger partial charge in [-0.05, 0) is 69.2 Å². The SMILES string of the molecule is CC(C)OCC(C)(COC(C)C)OC(C)(COC(C)C)COC(C)C. The molecule has 0 bridgehead atoms. The van der Waals surface area contributed by atoms with E-state index in [0.717, 1.165) is 0 Å². The van der Waals surface area contributed by atoms with E-state index in [9.17, 15) is 0 Å². The molecule has 0 aromatic heterocycles. The molecule has 25 heavy (non-hydrogen) atoms. The van der Waals surface area contributed by atoms with Crippen molar-refractivity contribution in [3.05, 3.63) is 0 Å². The minimum Gasteiger partial charge on any atom is -0.376 e. The predicted molar refractivity (Wildman–Crippen MR) is 102 cm³/mol. The Morgan fingerprint density at radius 3 is 0.840 bits per heavy atom. The molecule has 0 aliphatic heterocycles. The monoisotopic (exact) mass is 362 g/mol. The summed E-state index contributed by atoms with van der Waals surface area (Å²) in [5.74, 6) is 0. The summed E-state index contributed by atoms with van der Waals surface area (Å²) in [5, 5.41) is 0. The van der Waals surface area contributed by atoms with Crippen LogP contribution in [-0.4, -0.2) is 62.0 Å². The maximum atomic E-state index is 6.53. The Morgan fingerprint density at radius 2 is 0.680 bits per heavy atom. The lowest BCUT2D eigenvalue weighted by Crippen LogP contribution is -2.52. The molecule has 0 N–H and O–H groups in total. The largest absolute Gasteiger partial charge is 0.376 e. The third-order valence-corrected chi connectivity index (χ3v) is 3.38. The lowest BCUT2D eigenvalue weighted by atomic mass is 10.0. The van der Waals surface area contributed by atoms with E-state index in [1.807, 2.05) is 69.2 Å². The quantitative estimate of drug-likeness (QED) is 0.463. The fraction of sp³-hybridized carbons (Fsp3) is 1.00. The van der Waals surface area contributed by atoms with Crippen molar-refractivity contribution in [2.24, 2.45) is 0 Å². The van der Waals surface area contributed by atoms with Crippen molar-refractivity contribution < 1.29 is 23.7 Å². The summed E-state index contributed by atoms with van der Waals surface area (Å²) in [6.45, 7) is 22.0. The first-order chi connectivity index (χ1) is 11.4. The average Bonchev–Trinajstić information content (AvgIpc) is 2.48. The molecule has 0 aromatic carbocycles. The molecular formula is C20H42O5. The highest BCUT2D eigenvalue weighted by Crippen LogP contribution is 2.25. The van der Waals surface area contributed by atoms with Gasteiger partial charge in [0.05, 0.1) is 50.8 Å². The maximum Gasteiger partial charge on any atom is 0.113 e. The van der Waals surface area contributed by atoms with Crippen LogP contribution in [0.15, 0.2) is 0 Å². The Kier molecular flexibility index (Phi) is 11.4. The van der Waals surface area contributed by atoms with Crippen molar-refractivity contribution in [2.45, 2.75) is 105 Å². The van der Waals surface area contributed by atoms with Crippen LogP contribution in [0.2, 0.25) is 0 Å². The molecule has 0 aliphatic rings. The van der Waals surface area contributed by atoms with Gasteiger partial charge in [-0.3, -0.25) is 0 Å². The highest BCUT2D eigenvalue weighted by molar-refractivity contribution is 4.85. The number of rotatable bonds is 14. The van der Waals surface area contributed by atoms with Crippen LogP contribution < -0.4 is 0 Å². The van der Waals surface area contributed by atoms with Crippen LogP contribution in [0, 0.1) is 0 Å². The third kappa shape index (κ3) is 12.7. The van der Waals surface area contributed by atoms with E-state index in [2.05, 4.69) is 0 Å². The summed E-state index contributed by atoms with van der Waals surface area (Å²) >= 11 is 0. The van der Waals surface area contributed by atoms with Crippen molar-refractivity contribution >= 4 is 0 Å². The first-order valence-corrected chi connectivity index (χ1v) is 9.54. The standard InChI is InChI=1S/C20H42O5/c1-15(2)21-11-19(9,12-22-16(3)4)25-20(10,13-23-17(5)6)14-24-18(7)8/h15-18H,11-14H2,1-10H3. The van der Waals surface area contributed by atoms with Gasteiger partial charge in [0.2, 0.25) is 0 Å². The maximum absolute atomic E-state index is 6.53. The molecule has 0 radical (unpaired) electrons. The van der Waals surface area contributed by atoms with Crippen molar-refractivity contribution in [1.82, 2.24) is 0 Å². The second-order valence-corrected chi connectivity index (χ2v) is 8.44. The van der Waals surface area contributed by atoms with Crippen LogP contribution >= 0.6 is 0 Å². The lowest BCUT2D eigenvalue weighted by molar-refractivity contribution is -0.234. The Balaban J connectivity index is 5.16. The Morgan fingerprint density at radius 1 is 0.480 bits per heavy atom. The van der Waals surface area contributed by atoms with E-state index in [4.69, 9.17) is 23.7 Å². The van der Waals surface area contributed by atoms with Gasteiger partial charge in [-0.15, -0.1) is 0 Å². The number of ether oxygens (including phenoxy) is 5. The average molecular weight is 363 g/mol. The van der Waals surface area contributed by atoms with Gasteiger partial charge >= 0.3 is 0 Å². The van der Waals surface area contributed by atoms with Crippen molar-refractivity contribution in [3.63, 3.8) is 0 Å². The minimum absolute atomic E-state index is 0.132. The van der Waals surface area contributed by atoms with Crippen LogP contribution in [0.4, 0.5) is 0 Å². The van der Waals surface area contributed by atoms with Gasteiger partial charge in [-0.25, -0.2) is 0 Å². The van der Waals surface area contributed by atoms with Gasteiger partial charge in [0, 0.05) is 0 Å². The fourth-order valence-corrected chi connectivity index (χ4v) is 2.17. The minimum atomic E-state index is -0.579. The second-order valence-electron chi connectivity index (χ2n) is 8.44. The Hall–Kier alpha value is -0.200. The highest BCUT2D eigenvalue weighted by atomic mass is 16.6. The van der Waals surface area contributed by atoms with E-state index in [-0.39, 0.29) is 24.4 Å². The first-order valence-electron chi connectivity index (χ1n) is 9.54. The van der Waals surface area contributed by atoms with Gasteiger partial charge in [0.25, 0.3) is 0 Å².